The van der Waals surface area contributed by atoms with Crippen molar-refractivity contribution in [3.63, 3.8) is 0 Å². The molecule has 0 saturated heterocycles. The molecule has 0 N–H and O–H groups in total. The van der Waals surface area contributed by atoms with Gasteiger partial charge in [-0.3, -0.25) is 4.79 Å². The van der Waals surface area contributed by atoms with Gasteiger partial charge in [0.05, 0.1) is 22.9 Å². The first kappa shape index (κ1) is 19.1. The fraction of sp³-hybridized carbons (Fsp3) is 0.562. The number of rotatable bonds is 5. The zero-order valence-corrected chi connectivity index (χ0v) is 15.0. The highest BCUT2D eigenvalue weighted by atomic mass is 35.5. The van der Waals surface area contributed by atoms with E-state index in [9.17, 15) is 22.0 Å². The molecule has 1 aromatic carbocycles. The third-order valence-electron chi connectivity index (χ3n) is 4.32. The van der Waals surface area contributed by atoms with E-state index in [1.807, 2.05) is 0 Å². The predicted octanol–water partition coefficient (Wildman–Crippen LogP) is 3.83. The van der Waals surface area contributed by atoms with Crippen molar-refractivity contribution in [3.05, 3.63) is 28.8 Å². The van der Waals surface area contributed by atoms with Crippen molar-refractivity contribution >= 4 is 27.4 Å². The van der Waals surface area contributed by atoms with Crippen LogP contribution >= 0.6 is 11.6 Å². The number of methoxy groups -OCH3 is 1. The number of hydrogen-bond acceptors (Lipinski definition) is 4. The third-order valence-corrected chi connectivity index (χ3v) is 5.90. The average Bonchev–Trinajstić information content (AvgIpc) is 2.81. The number of halogens is 3. The molecule has 1 fully saturated rings. The molecular formula is C16H19ClF2O4S. The number of esters is 1. The van der Waals surface area contributed by atoms with Gasteiger partial charge in [-0.25, -0.2) is 17.2 Å². The lowest BCUT2D eigenvalue weighted by Gasteiger charge is -2.20. The van der Waals surface area contributed by atoms with Crippen molar-refractivity contribution in [1.29, 1.82) is 0 Å². The molecule has 1 unspecified atom stereocenters. The summed E-state index contributed by atoms with van der Waals surface area (Å²) in [6.07, 6.45) is 1.16. The molecule has 0 bridgehead atoms. The number of carbonyl (C=O) groups is 1. The molecule has 134 valence electrons. The Kier molecular flexibility index (Phi) is 5.54. The summed E-state index contributed by atoms with van der Waals surface area (Å²) in [6.45, 7) is 0. The van der Waals surface area contributed by atoms with Gasteiger partial charge in [0.1, 0.15) is 0 Å². The van der Waals surface area contributed by atoms with E-state index in [1.165, 1.54) is 25.3 Å². The van der Waals surface area contributed by atoms with Crippen LogP contribution in [0.25, 0.3) is 0 Å². The fourth-order valence-corrected chi connectivity index (χ4v) is 4.46. The average molecular weight is 381 g/mol. The highest BCUT2D eigenvalue weighted by molar-refractivity contribution is 7.90. The lowest BCUT2D eigenvalue weighted by molar-refractivity contribution is -0.143. The summed E-state index contributed by atoms with van der Waals surface area (Å²) in [4.78, 5) is 12.0. The van der Waals surface area contributed by atoms with Crippen LogP contribution in [0.15, 0.2) is 23.1 Å². The highest BCUT2D eigenvalue weighted by Crippen LogP contribution is 2.43. The SMILES string of the molecule is COC(=O)C(C[C@@H]1CCC(F)(F)C1)c1ccc(S(C)(=O)=O)c(Cl)c1. The van der Waals surface area contributed by atoms with Crippen molar-refractivity contribution in [2.45, 2.75) is 42.4 Å². The van der Waals surface area contributed by atoms with Crippen LogP contribution in [-0.4, -0.2) is 33.7 Å². The molecule has 0 radical (unpaired) electrons. The number of alkyl halides is 2. The summed E-state index contributed by atoms with van der Waals surface area (Å²) in [6, 6.07) is 4.20. The van der Waals surface area contributed by atoms with Gasteiger partial charge in [0, 0.05) is 19.1 Å². The monoisotopic (exact) mass is 380 g/mol. The number of hydrogen-bond donors (Lipinski definition) is 0. The fourth-order valence-electron chi connectivity index (χ4n) is 3.12. The Labute approximate surface area is 145 Å². The number of benzene rings is 1. The first-order valence-electron chi connectivity index (χ1n) is 7.48. The van der Waals surface area contributed by atoms with Gasteiger partial charge in [-0.1, -0.05) is 17.7 Å². The van der Waals surface area contributed by atoms with Gasteiger partial charge in [-0.2, -0.15) is 0 Å². The Bertz CT molecular complexity index is 734. The van der Waals surface area contributed by atoms with E-state index >= 15 is 0 Å². The summed E-state index contributed by atoms with van der Waals surface area (Å²) in [5.41, 5.74) is 0.467. The van der Waals surface area contributed by atoms with E-state index in [4.69, 9.17) is 16.3 Å². The van der Waals surface area contributed by atoms with E-state index in [2.05, 4.69) is 0 Å². The Hall–Kier alpha value is -1.21. The van der Waals surface area contributed by atoms with E-state index in [0.29, 0.717) is 12.0 Å². The Morgan fingerprint density at radius 1 is 1.46 bits per heavy atom. The lowest BCUT2D eigenvalue weighted by Crippen LogP contribution is -2.18. The molecular weight excluding hydrogens is 362 g/mol. The Morgan fingerprint density at radius 2 is 2.12 bits per heavy atom. The normalized spacial score (nSPS) is 21.5. The standard InChI is InChI=1S/C16H19ClF2O4S/c1-23-15(20)12(7-10-5-6-16(18,19)9-10)11-3-4-14(13(17)8-11)24(2,21)22/h3-4,8,10,12H,5-7,9H2,1-2H3/t10-,12?/m0/s1. The molecule has 2 rings (SSSR count). The van der Waals surface area contributed by atoms with E-state index < -0.39 is 27.6 Å². The second-order valence-electron chi connectivity index (χ2n) is 6.24. The minimum absolute atomic E-state index is 0.000606. The molecule has 24 heavy (non-hydrogen) atoms. The molecule has 8 heteroatoms. The van der Waals surface area contributed by atoms with Gasteiger partial charge in [-0.05, 0) is 36.5 Å². The van der Waals surface area contributed by atoms with Crippen molar-refractivity contribution < 1.29 is 26.7 Å². The van der Waals surface area contributed by atoms with Crippen LogP contribution in [-0.2, 0) is 19.4 Å². The van der Waals surface area contributed by atoms with Crippen LogP contribution in [0.4, 0.5) is 8.78 Å². The smallest absolute Gasteiger partial charge is 0.313 e. The van der Waals surface area contributed by atoms with E-state index in [0.717, 1.165) is 6.26 Å². The van der Waals surface area contributed by atoms with Crippen molar-refractivity contribution in [2.75, 3.05) is 13.4 Å². The zero-order valence-electron chi connectivity index (χ0n) is 13.4. The van der Waals surface area contributed by atoms with Gasteiger partial charge < -0.3 is 4.74 Å². The molecule has 4 nitrogen and oxygen atoms in total. The first-order chi connectivity index (χ1) is 11.0. The number of carbonyl (C=O) groups excluding carboxylic acids is 1. The summed E-state index contributed by atoms with van der Waals surface area (Å²) in [5, 5.41) is 0.000606. The Morgan fingerprint density at radius 3 is 2.58 bits per heavy atom. The maximum absolute atomic E-state index is 13.4. The van der Waals surface area contributed by atoms with Crippen molar-refractivity contribution in [3.8, 4) is 0 Å². The van der Waals surface area contributed by atoms with Gasteiger partial charge in [0.2, 0.25) is 5.92 Å². The van der Waals surface area contributed by atoms with Gasteiger partial charge in [0.25, 0.3) is 0 Å². The second-order valence-corrected chi connectivity index (χ2v) is 8.63. The van der Waals surface area contributed by atoms with Crippen LogP contribution in [0.2, 0.25) is 5.02 Å². The van der Waals surface area contributed by atoms with E-state index in [1.54, 1.807) is 0 Å². The van der Waals surface area contributed by atoms with Crippen LogP contribution in [0, 0.1) is 5.92 Å². The van der Waals surface area contributed by atoms with E-state index in [-0.39, 0.29) is 35.1 Å². The first-order valence-corrected chi connectivity index (χ1v) is 9.75. The molecule has 1 aliphatic carbocycles. The number of sulfone groups is 1. The summed E-state index contributed by atoms with van der Waals surface area (Å²) in [7, 11) is -2.26. The van der Waals surface area contributed by atoms with Gasteiger partial charge >= 0.3 is 5.97 Å². The van der Waals surface area contributed by atoms with Gasteiger partial charge in [0.15, 0.2) is 9.84 Å². The van der Waals surface area contributed by atoms with Crippen molar-refractivity contribution in [1.82, 2.24) is 0 Å². The molecule has 0 amide bonds. The van der Waals surface area contributed by atoms with Crippen LogP contribution in [0.3, 0.4) is 0 Å². The number of ether oxygens (including phenoxy) is 1. The minimum atomic E-state index is -3.49. The summed E-state index contributed by atoms with van der Waals surface area (Å²) in [5.74, 6) is -4.28. The summed E-state index contributed by atoms with van der Waals surface area (Å²) >= 11 is 6.02. The highest BCUT2D eigenvalue weighted by Gasteiger charge is 2.41. The summed E-state index contributed by atoms with van der Waals surface area (Å²) < 4.78 is 54.8. The molecule has 0 heterocycles. The third kappa shape index (κ3) is 4.45. The zero-order chi connectivity index (χ0) is 18.1. The van der Waals surface area contributed by atoms with Crippen LogP contribution in [0.1, 0.15) is 37.2 Å². The molecule has 1 saturated carbocycles. The lowest BCUT2D eigenvalue weighted by atomic mass is 9.88. The van der Waals surface area contributed by atoms with Crippen LogP contribution in [0.5, 0.6) is 0 Å². The molecule has 0 spiro atoms. The van der Waals surface area contributed by atoms with Gasteiger partial charge in [-0.15, -0.1) is 0 Å². The quantitative estimate of drug-likeness (QED) is 0.728. The topological polar surface area (TPSA) is 60.4 Å². The molecule has 0 aromatic heterocycles. The maximum Gasteiger partial charge on any atom is 0.313 e. The Balaban J connectivity index is 2.29. The van der Waals surface area contributed by atoms with Crippen LogP contribution < -0.4 is 0 Å². The van der Waals surface area contributed by atoms with Crippen molar-refractivity contribution in [2.24, 2.45) is 5.92 Å². The largest absolute Gasteiger partial charge is 0.469 e. The minimum Gasteiger partial charge on any atom is -0.469 e. The molecule has 1 aliphatic rings. The predicted molar refractivity (Wildman–Crippen MR) is 86.2 cm³/mol. The maximum atomic E-state index is 13.4. The molecule has 0 aliphatic heterocycles. The second kappa shape index (κ2) is 6.96. The molecule has 1 aromatic rings. The molecule has 2 atom stereocenters.